The van der Waals surface area contributed by atoms with Gasteiger partial charge in [0.2, 0.25) is 0 Å². The lowest BCUT2D eigenvalue weighted by Gasteiger charge is -2.24. The molecule has 1 aromatic carbocycles. The highest BCUT2D eigenvalue weighted by Gasteiger charge is 2.54. The standard InChI is InChI=1S/C20H27NO5/c1-2-3-11-25-17-10-9-15-16(17)12-21(18(15)19(22)23)20(24)26-13-14-7-5-4-6-8-14/h4-8,15-18H,2-3,9-13H2,1H3,(H,22,23)/t15-,16-,17+,18-/m1/s1. The molecule has 3 rings (SSSR count). The molecule has 0 unspecified atom stereocenters. The number of unbranched alkanes of at least 4 members (excludes halogenated alkanes) is 1. The van der Waals surface area contributed by atoms with Crippen molar-refractivity contribution in [3.63, 3.8) is 0 Å². The van der Waals surface area contributed by atoms with E-state index in [1.54, 1.807) is 0 Å². The van der Waals surface area contributed by atoms with E-state index >= 15 is 0 Å². The Morgan fingerprint density at radius 3 is 2.65 bits per heavy atom. The number of carbonyl (C=O) groups is 2. The highest BCUT2D eigenvalue weighted by molar-refractivity contribution is 5.81. The Morgan fingerprint density at radius 1 is 1.19 bits per heavy atom. The number of rotatable bonds is 7. The monoisotopic (exact) mass is 361 g/mol. The molecule has 4 atom stereocenters. The van der Waals surface area contributed by atoms with Crippen molar-refractivity contribution in [1.29, 1.82) is 0 Å². The van der Waals surface area contributed by atoms with Gasteiger partial charge >= 0.3 is 12.1 Å². The van der Waals surface area contributed by atoms with E-state index in [9.17, 15) is 14.7 Å². The number of amides is 1. The van der Waals surface area contributed by atoms with Crippen LogP contribution < -0.4 is 0 Å². The van der Waals surface area contributed by atoms with E-state index in [0.717, 1.165) is 31.2 Å². The first kappa shape index (κ1) is 18.7. The maximum absolute atomic E-state index is 12.5. The zero-order valence-corrected chi connectivity index (χ0v) is 15.2. The van der Waals surface area contributed by atoms with Crippen LogP contribution >= 0.6 is 0 Å². The summed E-state index contributed by atoms with van der Waals surface area (Å²) in [6.45, 7) is 3.35. The molecule has 0 aromatic heterocycles. The number of ether oxygens (including phenoxy) is 2. The molecular weight excluding hydrogens is 334 g/mol. The van der Waals surface area contributed by atoms with E-state index in [4.69, 9.17) is 9.47 Å². The van der Waals surface area contributed by atoms with Crippen LogP contribution in [0.4, 0.5) is 4.79 Å². The van der Waals surface area contributed by atoms with Gasteiger partial charge in [-0.25, -0.2) is 9.59 Å². The molecule has 2 fully saturated rings. The normalized spacial score (nSPS) is 27.3. The van der Waals surface area contributed by atoms with Gasteiger partial charge in [-0.2, -0.15) is 0 Å². The van der Waals surface area contributed by atoms with Crippen LogP contribution in [0.15, 0.2) is 30.3 Å². The van der Waals surface area contributed by atoms with Crippen LogP contribution in [0.1, 0.15) is 38.2 Å². The molecule has 1 aliphatic heterocycles. The zero-order valence-electron chi connectivity index (χ0n) is 15.2. The van der Waals surface area contributed by atoms with Gasteiger partial charge in [0.15, 0.2) is 0 Å². The predicted octanol–water partition coefficient (Wildman–Crippen LogP) is 3.30. The minimum absolute atomic E-state index is 0.0420. The molecule has 2 aliphatic rings. The van der Waals surface area contributed by atoms with Gasteiger partial charge < -0.3 is 14.6 Å². The summed E-state index contributed by atoms with van der Waals surface area (Å²) in [5, 5.41) is 9.68. The quantitative estimate of drug-likeness (QED) is 0.754. The van der Waals surface area contributed by atoms with E-state index in [1.165, 1.54) is 4.90 Å². The van der Waals surface area contributed by atoms with Gasteiger partial charge in [0.25, 0.3) is 0 Å². The second kappa shape index (κ2) is 8.54. The fraction of sp³-hybridized carbons (Fsp3) is 0.600. The first-order valence-electron chi connectivity index (χ1n) is 9.43. The maximum Gasteiger partial charge on any atom is 0.410 e. The Hall–Kier alpha value is -2.08. The molecule has 6 heteroatoms. The van der Waals surface area contributed by atoms with Crippen LogP contribution in [-0.2, 0) is 20.9 Å². The number of fused-ring (bicyclic) bond motifs is 1. The van der Waals surface area contributed by atoms with Crippen molar-refractivity contribution in [2.24, 2.45) is 11.8 Å². The lowest BCUT2D eigenvalue weighted by Crippen LogP contribution is -2.43. The third-order valence-corrected chi connectivity index (χ3v) is 5.48. The van der Waals surface area contributed by atoms with E-state index in [2.05, 4.69) is 6.92 Å². The molecule has 1 saturated heterocycles. The molecule has 1 amide bonds. The van der Waals surface area contributed by atoms with Gasteiger partial charge in [-0.3, -0.25) is 4.90 Å². The minimum atomic E-state index is -0.955. The summed E-state index contributed by atoms with van der Waals surface area (Å²) in [4.78, 5) is 25.7. The lowest BCUT2D eigenvalue weighted by molar-refractivity contribution is -0.143. The van der Waals surface area contributed by atoms with Crippen LogP contribution in [-0.4, -0.2) is 47.4 Å². The van der Waals surface area contributed by atoms with Gasteiger partial charge in [0.05, 0.1) is 6.10 Å². The van der Waals surface area contributed by atoms with Crippen LogP contribution in [0.3, 0.4) is 0 Å². The van der Waals surface area contributed by atoms with E-state index in [1.807, 2.05) is 30.3 Å². The summed E-state index contributed by atoms with van der Waals surface area (Å²) >= 11 is 0. The largest absolute Gasteiger partial charge is 0.480 e. The number of aliphatic carboxylic acids is 1. The first-order chi connectivity index (χ1) is 12.6. The van der Waals surface area contributed by atoms with Crippen molar-refractivity contribution >= 4 is 12.1 Å². The van der Waals surface area contributed by atoms with Crippen molar-refractivity contribution in [3.8, 4) is 0 Å². The summed E-state index contributed by atoms with van der Waals surface area (Å²) in [6.07, 6.45) is 3.20. The van der Waals surface area contributed by atoms with Crippen molar-refractivity contribution in [2.45, 2.75) is 51.4 Å². The van der Waals surface area contributed by atoms with Crippen LogP contribution in [0.5, 0.6) is 0 Å². The highest BCUT2D eigenvalue weighted by Crippen LogP contribution is 2.44. The number of benzene rings is 1. The molecule has 1 aliphatic carbocycles. The summed E-state index contributed by atoms with van der Waals surface area (Å²) in [5.41, 5.74) is 0.882. The van der Waals surface area contributed by atoms with Gasteiger partial charge in [-0.1, -0.05) is 43.7 Å². The number of carboxylic acids is 1. The Bertz CT molecular complexity index is 620. The number of carbonyl (C=O) groups excluding carboxylic acids is 1. The summed E-state index contributed by atoms with van der Waals surface area (Å²) in [7, 11) is 0. The Kier molecular flexibility index (Phi) is 6.14. The Morgan fingerprint density at radius 2 is 1.96 bits per heavy atom. The number of likely N-dealkylation sites (tertiary alicyclic amines) is 1. The fourth-order valence-electron chi connectivity index (χ4n) is 4.17. The molecule has 1 heterocycles. The molecule has 26 heavy (non-hydrogen) atoms. The predicted molar refractivity (Wildman–Crippen MR) is 95.6 cm³/mol. The molecule has 142 valence electrons. The molecule has 1 aromatic rings. The average molecular weight is 361 g/mol. The summed E-state index contributed by atoms with van der Waals surface area (Å²) in [5.74, 6) is -0.927. The molecule has 1 saturated carbocycles. The number of carboxylic acid groups (broad SMARTS) is 1. The SMILES string of the molecule is CCCCO[C@H]1CC[C@@H]2[C@H]1CN(C(=O)OCc1ccccc1)[C@H]2C(=O)O. The fourth-order valence-corrected chi connectivity index (χ4v) is 4.17. The second-order valence-electron chi connectivity index (χ2n) is 7.14. The van der Waals surface area contributed by atoms with E-state index < -0.39 is 18.1 Å². The number of hydrogen-bond acceptors (Lipinski definition) is 4. The van der Waals surface area contributed by atoms with Gasteiger partial charge in [-0.05, 0) is 30.7 Å². The van der Waals surface area contributed by atoms with Crippen LogP contribution in [0, 0.1) is 11.8 Å². The lowest BCUT2D eigenvalue weighted by atomic mass is 9.93. The molecule has 1 N–H and O–H groups in total. The molecular formula is C20H27NO5. The molecule has 0 bridgehead atoms. The topological polar surface area (TPSA) is 76.1 Å². The summed E-state index contributed by atoms with van der Waals surface area (Å²) in [6, 6.07) is 8.58. The molecule has 6 nitrogen and oxygen atoms in total. The smallest absolute Gasteiger partial charge is 0.410 e. The van der Waals surface area contributed by atoms with E-state index in [-0.39, 0.29) is 24.5 Å². The Balaban J connectivity index is 1.63. The van der Waals surface area contributed by atoms with Crippen molar-refractivity contribution in [1.82, 2.24) is 4.90 Å². The van der Waals surface area contributed by atoms with Gasteiger partial charge in [0, 0.05) is 19.1 Å². The second-order valence-corrected chi connectivity index (χ2v) is 7.14. The Labute approximate surface area is 154 Å². The average Bonchev–Trinajstić information content (AvgIpc) is 3.20. The van der Waals surface area contributed by atoms with Gasteiger partial charge in [0.1, 0.15) is 12.6 Å². The minimum Gasteiger partial charge on any atom is -0.480 e. The third-order valence-electron chi connectivity index (χ3n) is 5.48. The number of nitrogens with zero attached hydrogens (tertiary/aromatic N) is 1. The third kappa shape index (κ3) is 4.01. The highest BCUT2D eigenvalue weighted by atomic mass is 16.6. The number of hydrogen-bond donors (Lipinski definition) is 1. The van der Waals surface area contributed by atoms with E-state index in [0.29, 0.717) is 13.2 Å². The molecule has 0 spiro atoms. The van der Waals surface area contributed by atoms with Gasteiger partial charge in [-0.15, -0.1) is 0 Å². The zero-order chi connectivity index (χ0) is 18.5. The summed E-state index contributed by atoms with van der Waals surface area (Å²) < 4.78 is 11.3. The first-order valence-corrected chi connectivity index (χ1v) is 9.43. The van der Waals surface area contributed by atoms with Crippen molar-refractivity contribution in [2.75, 3.05) is 13.2 Å². The maximum atomic E-state index is 12.5. The van der Waals surface area contributed by atoms with Crippen LogP contribution in [0.25, 0.3) is 0 Å². The van der Waals surface area contributed by atoms with Crippen molar-refractivity contribution < 1.29 is 24.2 Å². The molecule has 0 radical (unpaired) electrons. The van der Waals surface area contributed by atoms with Crippen molar-refractivity contribution in [3.05, 3.63) is 35.9 Å². The van der Waals surface area contributed by atoms with Crippen LogP contribution in [0.2, 0.25) is 0 Å².